The smallest absolute Gasteiger partial charge is 0.139 e. The van der Waals surface area contributed by atoms with Gasteiger partial charge in [-0.2, -0.15) is 5.10 Å². The summed E-state index contributed by atoms with van der Waals surface area (Å²) in [5.74, 6) is 0.854. The van der Waals surface area contributed by atoms with Crippen molar-refractivity contribution in [3.05, 3.63) is 66.9 Å². The fourth-order valence-corrected chi connectivity index (χ4v) is 2.57. The van der Waals surface area contributed by atoms with Gasteiger partial charge in [-0.25, -0.2) is 14.6 Å². The van der Waals surface area contributed by atoms with Crippen LogP contribution in [0.5, 0.6) is 0 Å². The monoisotopic (exact) mass is 304 g/mol. The first-order valence-electron chi connectivity index (χ1n) is 7.45. The summed E-state index contributed by atoms with van der Waals surface area (Å²) in [6.45, 7) is 2.12. The van der Waals surface area contributed by atoms with Crippen LogP contribution in [-0.2, 0) is 0 Å². The van der Waals surface area contributed by atoms with E-state index in [1.54, 1.807) is 11.0 Å². The Kier molecular flexibility index (Phi) is 3.27. The Morgan fingerprint density at radius 3 is 2.74 bits per heavy atom. The first kappa shape index (κ1) is 13.5. The highest BCUT2D eigenvalue weighted by Gasteiger charge is 2.07. The van der Waals surface area contributed by atoms with E-state index in [9.17, 15) is 0 Å². The third kappa shape index (κ3) is 2.66. The van der Waals surface area contributed by atoms with Crippen LogP contribution in [0.15, 0.2) is 61.3 Å². The minimum absolute atomic E-state index is 0.153. The molecule has 0 fully saturated rings. The molecule has 0 bridgehead atoms. The van der Waals surface area contributed by atoms with Crippen LogP contribution >= 0.6 is 0 Å². The van der Waals surface area contributed by atoms with Crippen LogP contribution in [0.1, 0.15) is 18.5 Å². The Hall–Kier alpha value is -3.15. The molecule has 6 nitrogen and oxygen atoms in total. The Morgan fingerprint density at radius 1 is 1.09 bits per heavy atom. The van der Waals surface area contributed by atoms with Crippen molar-refractivity contribution in [2.24, 2.45) is 0 Å². The topological polar surface area (TPSA) is 71.4 Å². The Bertz CT molecular complexity index is 908. The molecule has 0 spiro atoms. The number of fused-ring (bicyclic) bond motifs is 1. The molecule has 0 saturated carbocycles. The summed E-state index contributed by atoms with van der Waals surface area (Å²) in [7, 11) is 0. The Balaban J connectivity index is 1.53. The minimum atomic E-state index is 0.153. The van der Waals surface area contributed by atoms with Crippen LogP contribution in [0.25, 0.3) is 16.7 Å². The van der Waals surface area contributed by atoms with E-state index >= 15 is 0 Å². The van der Waals surface area contributed by atoms with Crippen molar-refractivity contribution in [1.29, 1.82) is 0 Å². The molecule has 3 aromatic heterocycles. The van der Waals surface area contributed by atoms with Gasteiger partial charge < -0.3 is 10.3 Å². The summed E-state index contributed by atoms with van der Waals surface area (Å²) in [5, 5.41) is 8.67. The van der Waals surface area contributed by atoms with Crippen molar-refractivity contribution in [2.75, 3.05) is 5.32 Å². The molecule has 0 aliphatic rings. The summed E-state index contributed by atoms with van der Waals surface area (Å²) in [6, 6.07) is 14.5. The molecule has 4 aromatic rings. The maximum absolute atomic E-state index is 4.57. The van der Waals surface area contributed by atoms with E-state index in [-0.39, 0.29) is 6.04 Å². The fraction of sp³-hybridized carbons (Fsp3) is 0.118. The van der Waals surface area contributed by atoms with Gasteiger partial charge in [0.25, 0.3) is 0 Å². The average Bonchev–Trinajstić information content (AvgIpc) is 3.26. The number of H-pyrrole nitrogens is 1. The molecule has 1 aromatic carbocycles. The van der Waals surface area contributed by atoms with Gasteiger partial charge in [0, 0.05) is 17.6 Å². The van der Waals surface area contributed by atoms with E-state index in [1.807, 2.05) is 30.5 Å². The molecule has 0 aliphatic carbocycles. The number of hydrogen-bond acceptors (Lipinski definition) is 4. The van der Waals surface area contributed by atoms with Gasteiger partial charge in [-0.3, -0.25) is 0 Å². The van der Waals surface area contributed by atoms with Crippen molar-refractivity contribution < 1.29 is 0 Å². The van der Waals surface area contributed by atoms with Gasteiger partial charge in [0.05, 0.1) is 5.69 Å². The standard InChI is InChI=1S/C17H16N6/c1-12(21-16-7-4-14-8-9-19-17(14)22-16)13-2-5-15(6-3-13)23-11-18-10-20-23/h2-12H,1H3,(H2,19,21,22). The SMILES string of the molecule is CC(Nc1ccc2cc[nH]c2n1)c1ccc(-n2cncn2)cc1. The predicted molar refractivity (Wildman–Crippen MR) is 89.5 cm³/mol. The van der Waals surface area contributed by atoms with Crippen molar-refractivity contribution in [1.82, 2.24) is 24.7 Å². The van der Waals surface area contributed by atoms with E-state index < -0.39 is 0 Å². The van der Waals surface area contributed by atoms with Crippen molar-refractivity contribution >= 4 is 16.9 Å². The van der Waals surface area contributed by atoms with E-state index in [1.165, 1.54) is 11.9 Å². The lowest BCUT2D eigenvalue weighted by atomic mass is 10.1. The fourth-order valence-electron chi connectivity index (χ4n) is 2.57. The maximum Gasteiger partial charge on any atom is 0.139 e. The average molecular weight is 304 g/mol. The number of anilines is 1. The number of pyridine rings is 1. The molecule has 0 radical (unpaired) electrons. The zero-order chi connectivity index (χ0) is 15.6. The molecule has 3 heterocycles. The third-order valence-corrected chi connectivity index (χ3v) is 3.85. The second-order valence-electron chi connectivity index (χ2n) is 5.41. The largest absolute Gasteiger partial charge is 0.363 e. The predicted octanol–water partition coefficient (Wildman–Crippen LogP) is 3.32. The van der Waals surface area contributed by atoms with Crippen LogP contribution in [0.2, 0.25) is 0 Å². The molecule has 114 valence electrons. The lowest BCUT2D eigenvalue weighted by Gasteiger charge is -2.15. The van der Waals surface area contributed by atoms with E-state index in [0.29, 0.717) is 0 Å². The van der Waals surface area contributed by atoms with Crippen molar-refractivity contribution in [3.8, 4) is 5.69 Å². The van der Waals surface area contributed by atoms with Crippen molar-refractivity contribution in [3.63, 3.8) is 0 Å². The van der Waals surface area contributed by atoms with Gasteiger partial charge in [0.2, 0.25) is 0 Å². The molecule has 0 aliphatic heterocycles. The van der Waals surface area contributed by atoms with Gasteiger partial charge in [-0.15, -0.1) is 0 Å². The molecule has 1 atom stereocenters. The highest BCUT2D eigenvalue weighted by atomic mass is 15.3. The van der Waals surface area contributed by atoms with Crippen LogP contribution in [0.3, 0.4) is 0 Å². The van der Waals surface area contributed by atoms with Gasteiger partial charge in [0.1, 0.15) is 24.1 Å². The molecule has 1 unspecified atom stereocenters. The number of hydrogen-bond donors (Lipinski definition) is 2. The highest BCUT2D eigenvalue weighted by Crippen LogP contribution is 2.21. The number of nitrogens with one attached hydrogen (secondary N) is 2. The number of benzene rings is 1. The lowest BCUT2D eigenvalue weighted by Crippen LogP contribution is -2.08. The Morgan fingerprint density at radius 2 is 1.96 bits per heavy atom. The van der Waals surface area contributed by atoms with Crippen LogP contribution < -0.4 is 5.32 Å². The quantitative estimate of drug-likeness (QED) is 0.607. The van der Waals surface area contributed by atoms with E-state index in [0.717, 1.165) is 22.5 Å². The molecule has 2 N–H and O–H groups in total. The molecule has 6 heteroatoms. The molecule has 0 saturated heterocycles. The maximum atomic E-state index is 4.57. The number of aromatic amines is 1. The normalized spacial score (nSPS) is 12.4. The zero-order valence-corrected chi connectivity index (χ0v) is 12.6. The first-order valence-corrected chi connectivity index (χ1v) is 7.45. The van der Waals surface area contributed by atoms with E-state index in [2.05, 4.69) is 50.5 Å². The molecular formula is C17H16N6. The Labute approximate surface area is 133 Å². The zero-order valence-electron chi connectivity index (χ0n) is 12.6. The number of aromatic nitrogens is 5. The number of rotatable bonds is 4. The van der Waals surface area contributed by atoms with Gasteiger partial charge >= 0.3 is 0 Å². The molecule has 4 rings (SSSR count). The number of nitrogens with zero attached hydrogens (tertiary/aromatic N) is 4. The molecule has 23 heavy (non-hydrogen) atoms. The first-order chi connectivity index (χ1) is 11.3. The van der Waals surface area contributed by atoms with Gasteiger partial charge in [0.15, 0.2) is 0 Å². The summed E-state index contributed by atoms with van der Waals surface area (Å²) in [6.07, 6.45) is 5.11. The summed E-state index contributed by atoms with van der Waals surface area (Å²) < 4.78 is 1.74. The second-order valence-corrected chi connectivity index (χ2v) is 5.41. The minimum Gasteiger partial charge on any atom is -0.363 e. The summed E-state index contributed by atoms with van der Waals surface area (Å²) in [5.41, 5.74) is 3.07. The molecular weight excluding hydrogens is 288 g/mol. The van der Waals surface area contributed by atoms with Crippen molar-refractivity contribution in [2.45, 2.75) is 13.0 Å². The lowest BCUT2D eigenvalue weighted by molar-refractivity contribution is 0.859. The second kappa shape index (κ2) is 5.57. The van der Waals surface area contributed by atoms with E-state index in [4.69, 9.17) is 0 Å². The highest BCUT2D eigenvalue weighted by molar-refractivity contribution is 5.77. The summed E-state index contributed by atoms with van der Waals surface area (Å²) in [4.78, 5) is 11.7. The summed E-state index contributed by atoms with van der Waals surface area (Å²) >= 11 is 0. The van der Waals surface area contributed by atoms with Crippen LogP contribution in [0, 0.1) is 0 Å². The van der Waals surface area contributed by atoms with Crippen LogP contribution in [-0.4, -0.2) is 24.7 Å². The van der Waals surface area contributed by atoms with Gasteiger partial charge in [-0.1, -0.05) is 12.1 Å². The van der Waals surface area contributed by atoms with Crippen LogP contribution in [0.4, 0.5) is 5.82 Å². The molecule has 0 amide bonds. The third-order valence-electron chi connectivity index (χ3n) is 3.85. The van der Waals surface area contributed by atoms with Gasteiger partial charge in [-0.05, 0) is 42.8 Å².